The Labute approximate surface area is 170 Å². The van der Waals surface area contributed by atoms with Gasteiger partial charge in [-0.2, -0.15) is 0 Å². The molecule has 1 aromatic heterocycles. The zero-order chi connectivity index (χ0) is 17.3. The predicted molar refractivity (Wildman–Crippen MR) is 119 cm³/mol. The fourth-order valence-corrected chi connectivity index (χ4v) is 3.45. The van der Waals surface area contributed by atoms with Crippen LogP contribution in [0.2, 0.25) is 0 Å². The van der Waals surface area contributed by atoms with Gasteiger partial charge < -0.3 is 4.57 Å². The molecule has 0 N–H and O–H groups in total. The summed E-state index contributed by atoms with van der Waals surface area (Å²) in [6.07, 6.45) is 1.97. The third-order valence-corrected chi connectivity index (χ3v) is 5.98. The Morgan fingerprint density at radius 3 is 2.29 bits per heavy atom. The predicted octanol–water partition coefficient (Wildman–Crippen LogP) is 6.36. The molecule has 0 radical (unpaired) electrons. The third-order valence-electron chi connectivity index (χ3n) is 4.05. The summed E-state index contributed by atoms with van der Waals surface area (Å²) in [6, 6.07) is 17.1. The highest BCUT2D eigenvalue weighted by atomic mass is 127. The molecule has 2 aromatic carbocycles. The van der Waals surface area contributed by atoms with Gasteiger partial charge >= 0.3 is 0 Å². The van der Waals surface area contributed by atoms with Crippen molar-refractivity contribution in [3.05, 3.63) is 78.2 Å². The largest absolute Gasteiger partial charge is 0.318 e. The molecular weight excluding hydrogens is 522 g/mol. The molecule has 0 aliphatic heterocycles. The number of aliphatic imine (C=N–C) groups is 1. The minimum absolute atomic E-state index is 0.993. The summed E-state index contributed by atoms with van der Waals surface area (Å²) in [5.74, 6) is 0. The number of rotatable bonds is 3. The number of hydrogen-bond acceptors (Lipinski definition) is 1. The molecule has 0 unspecified atom stereocenters. The second kappa shape index (κ2) is 7.39. The van der Waals surface area contributed by atoms with E-state index in [9.17, 15) is 0 Å². The van der Waals surface area contributed by atoms with Gasteiger partial charge in [0.2, 0.25) is 0 Å². The summed E-state index contributed by atoms with van der Waals surface area (Å²) in [6.45, 7) is 6.40. The second-order valence-corrected chi connectivity index (χ2v) is 8.24. The summed E-state index contributed by atoms with van der Waals surface area (Å²) >= 11 is 4.68. The summed E-state index contributed by atoms with van der Waals surface area (Å²) in [7, 11) is 0. The maximum Gasteiger partial charge on any atom is 0.0633 e. The molecule has 3 aromatic rings. The van der Waals surface area contributed by atoms with Gasteiger partial charge in [-0.05, 0) is 120 Å². The number of nitrogens with zero attached hydrogens (tertiary/aromatic N) is 2. The minimum Gasteiger partial charge on any atom is -0.318 e. The Kier molecular flexibility index (Phi) is 5.44. The lowest BCUT2D eigenvalue weighted by atomic mass is 10.2. The lowest BCUT2D eigenvalue weighted by Gasteiger charge is -2.09. The van der Waals surface area contributed by atoms with E-state index in [1.54, 1.807) is 0 Å². The van der Waals surface area contributed by atoms with Crippen LogP contribution in [0, 0.1) is 27.9 Å². The van der Waals surface area contributed by atoms with E-state index in [1.807, 2.05) is 6.21 Å². The number of halogens is 2. The van der Waals surface area contributed by atoms with Gasteiger partial charge in [0.15, 0.2) is 0 Å². The highest BCUT2D eigenvalue weighted by molar-refractivity contribution is 14.1. The van der Waals surface area contributed by atoms with Crippen molar-refractivity contribution < 1.29 is 0 Å². The lowest BCUT2D eigenvalue weighted by molar-refractivity contribution is 0.964. The molecule has 1 heterocycles. The van der Waals surface area contributed by atoms with Crippen molar-refractivity contribution in [2.45, 2.75) is 20.8 Å². The van der Waals surface area contributed by atoms with Crippen molar-refractivity contribution in [1.29, 1.82) is 0 Å². The normalized spacial score (nSPS) is 11.4. The minimum atomic E-state index is 0.993. The first-order valence-corrected chi connectivity index (χ1v) is 9.86. The molecule has 0 atom stereocenters. The van der Waals surface area contributed by atoms with Crippen molar-refractivity contribution >= 4 is 57.1 Å². The third kappa shape index (κ3) is 3.74. The van der Waals surface area contributed by atoms with Crippen molar-refractivity contribution in [2.75, 3.05) is 0 Å². The molecule has 2 nitrogen and oxygen atoms in total. The van der Waals surface area contributed by atoms with Crippen molar-refractivity contribution in [2.24, 2.45) is 4.99 Å². The van der Waals surface area contributed by atoms with Crippen LogP contribution in [0.1, 0.15) is 22.5 Å². The molecule has 0 spiro atoms. The zero-order valence-electron chi connectivity index (χ0n) is 13.8. The first kappa shape index (κ1) is 17.7. The molecule has 0 bridgehead atoms. The van der Waals surface area contributed by atoms with Crippen LogP contribution < -0.4 is 0 Å². The standard InChI is InChI=1S/C20H18I2N2/c1-13-10-18(6-9-20(13)22)23-12-16-11-14(2)24(15(16)3)19-7-4-17(21)5-8-19/h4-12H,1-3H3. The van der Waals surface area contributed by atoms with Crippen LogP contribution >= 0.6 is 45.2 Å². The number of aryl methyl sites for hydroxylation is 2. The Bertz CT molecular complexity index is 906. The smallest absolute Gasteiger partial charge is 0.0633 e. The summed E-state index contributed by atoms with van der Waals surface area (Å²) in [5.41, 5.74) is 7.02. The van der Waals surface area contributed by atoms with E-state index < -0.39 is 0 Å². The number of aromatic nitrogens is 1. The molecule has 0 saturated carbocycles. The van der Waals surface area contributed by atoms with Crippen LogP contribution in [0.4, 0.5) is 5.69 Å². The first-order chi connectivity index (χ1) is 11.5. The molecule has 4 heteroatoms. The SMILES string of the molecule is Cc1cc(N=Cc2cc(C)n(-c3ccc(I)cc3)c2C)ccc1I. The van der Waals surface area contributed by atoms with Gasteiger partial charge in [0.05, 0.1) is 5.69 Å². The first-order valence-electron chi connectivity index (χ1n) is 7.71. The van der Waals surface area contributed by atoms with E-state index in [2.05, 4.69) is 124 Å². The van der Waals surface area contributed by atoms with Gasteiger partial charge in [0, 0.05) is 36.0 Å². The molecule has 3 rings (SSSR count). The maximum absolute atomic E-state index is 4.66. The average molecular weight is 540 g/mol. The van der Waals surface area contributed by atoms with E-state index in [0.717, 1.165) is 11.3 Å². The molecule has 0 aliphatic rings. The maximum atomic E-state index is 4.66. The second-order valence-electron chi connectivity index (χ2n) is 5.83. The van der Waals surface area contributed by atoms with Gasteiger partial charge in [0.25, 0.3) is 0 Å². The lowest BCUT2D eigenvalue weighted by Crippen LogP contribution is -1.99. The number of hydrogen-bond donors (Lipinski definition) is 0. The highest BCUT2D eigenvalue weighted by Gasteiger charge is 2.09. The van der Waals surface area contributed by atoms with E-state index in [0.29, 0.717) is 0 Å². The Morgan fingerprint density at radius 1 is 0.917 bits per heavy atom. The Morgan fingerprint density at radius 2 is 1.62 bits per heavy atom. The van der Waals surface area contributed by atoms with E-state index in [1.165, 1.54) is 29.8 Å². The molecule has 0 saturated heterocycles. The summed E-state index contributed by atoms with van der Waals surface area (Å²) in [5, 5.41) is 0. The van der Waals surface area contributed by atoms with Crippen LogP contribution in [0.25, 0.3) is 5.69 Å². The molecule has 0 amide bonds. The topological polar surface area (TPSA) is 17.3 Å². The van der Waals surface area contributed by atoms with E-state index in [-0.39, 0.29) is 0 Å². The van der Waals surface area contributed by atoms with Crippen molar-refractivity contribution in [3.63, 3.8) is 0 Å². The van der Waals surface area contributed by atoms with Crippen LogP contribution in [-0.2, 0) is 0 Å². The van der Waals surface area contributed by atoms with Gasteiger partial charge in [-0.3, -0.25) is 4.99 Å². The van der Waals surface area contributed by atoms with Crippen LogP contribution in [0.3, 0.4) is 0 Å². The van der Waals surface area contributed by atoms with E-state index in [4.69, 9.17) is 0 Å². The summed E-state index contributed by atoms with van der Waals surface area (Å²) < 4.78 is 4.79. The van der Waals surface area contributed by atoms with Crippen molar-refractivity contribution in [3.8, 4) is 5.69 Å². The fraction of sp³-hybridized carbons (Fsp3) is 0.150. The zero-order valence-corrected chi connectivity index (χ0v) is 18.2. The molecule has 122 valence electrons. The van der Waals surface area contributed by atoms with E-state index >= 15 is 0 Å². The quantitative estimate of drug-likeness (QED) is 0.272. The molecular formula is C20H18I2N2. The monoisotopic (exact) mass is 540 g/mol. The fourth-order valence-electron chi connectivity index (χ4n) is 2.76. The van der Waals surface area contributed by atoms with Gasteiger partial charge in [-0.25, -0.2) is 0 Å². The van der Waals surface area contributed by atoms with Crippen LogP contribution in [0.15, 0.2) is 53.5 Å². The van der Waals surface area contributed by atoms with Crippen LogP contribution in [0.5, 0.6) is 0 Å². The van der Waals surface area contributed by atoms with Gasteiger partial charge in [-0.1, -0.05) is 0 Å². The highest BCUT2D eigenvalue weighted by Crippen LogP contribution is 2.22. The Balaban J connectivity index is 1.95. The summed E-state index contributed by atoms with van der Waals surface area (Å²) in [4.78, 5) is 4.66. The van der Waals surface area contributed by atoms with Gasteiger partial charge in [0.1, 0.15) is 0 Å². The Hall–Kier alpha value is -1.15. The molecule has 0 fully saturated rings. The van der Waals surface area contributed by atoms with Gasteiger partial charge in [-0.15, -0.1) is 0 Å². The van der Waals surface area contributed by atoms with Crippen LogP contribution in [-0.4, -0.2) is 10.8 Å². The molecule has 0 aliphatic carbocycles. The number of benzene rings is 2. The van der Waals surface area contributed by atoms with Crippen molar-refractivity contribution in [1.82, 2.24) is 4.57 Å². The average Bonchev–Trinajstić information content (AvgIpc) is 2.84. The molecule has 24 heavy (non-hydrogen) atoms.